The Bertz CT molecular complexity index is 12.4. The van der Waals surface area contributed by atoms with E-state index in [9.17, 15) is 0 Å². The van der Waals surface area contributed by atoms with Gasteiger partial charge in [-0.25, -0.2) is 0 Å². The van der Waals surface area contributed by atoms with Gasteiger partial charge in [0.25, 0.3) is 0 Å². The molecule has 0 amide bonds. The van der Waals surface area contributed by atoms with Gasteiger partial charge >= 0.3 is 0 Å². The molecule has 0 spiro atoms. The third-order valence-electron chi connectivity index (χ3n) is 0. The van der Waals surface area contributed by atoms with Crippen molar-refractivity contribution in [3.05, 3.63) is 0 Å². The first-order chi connectivity index (χ1) is 0. The number of rotatable bonds is 0. The second-order valence-electron chi connectivity index (χ2n) is 0. The maximum atomic E-state index is 0. The third-order valence-corrected chi connectivity index (χ3v) is 0. The van der Waals surface area contributed by atoms with E-state index in [4.69, 9.17) is 0 Å². The molecule has 0 rings (SSSR count). The fraction of sp³-hybridized carbons (Fsp3) is 0. The largest absolute Gasteiger partial charge is 1.00 e. The summed E-state index contributed by atoms with van der Waals surface area (Å²) in [7, 11) is 0. The van der Waals surface area contributed by atoms with Gasteiger partial charge in [0.15, 0.2) is 0 Å². The van der Waals surface area contributed by atoms with Crippen LogP contribution in [-0.2, 0) is 19.5 Å². The van der Waals surface area contributed by atoms with Gasteiger partial charge in [0.2, 0.25) is 0 Å². The van der Waals surface area contributed by atoms with Crippen molar-refractivity contribution < 1.29 is 87.0 Å². The van der Waals surface area contributed by atoms with Crippen LogP contribution in [0.5, 0.6) is 0 Å². The molecule has 0 aliphatic rings. The average molecular weight is 315 g/mol. The summed E-state index contributed by atoms with van der Waals surface area (Å²) in [6.45, 7) is 0. The van der Waals surface area contributed by atoms with Gasteiger partial charge in [-0.1, -0.05) is 0 Å². The van der Waals surface area contributed by atoms with Gasteiger partial charge < -0.3 is 73.7 Å². The Morgan fingerprint density at radius 3 is 0.500 bits per heavy atom. The van der Waals surface area contributed by atoms with E-state index >= 15 is 0 Å². The van der Waals surface area contributed by atoms with Crippen molar-refractivity contribution in [3.8, 4) is 0 Å². The van der Waals surface area contributed by atoms with E-state index in [2.05, 4.69) is 0 Å². The molecule has 0 aromatic rings. The molecule has 65 valence electrons. The van der Waals surface area contributed by atoms with Crippen LogP contribution in [-0.4, -0.2) is 5.48 Å². The monoisotopic (exact) mass is 313 g/mol. The predicted octanol–water partition coefficient (Wildman–Crippen LogP) is -15.6. The Morgan fingerprint density at radius 2 is 0.500 bits per heavy atom. The van der Waals surface area contributed by atoms with E-state index in [1.807, 2.05) is 0 Å². The molecule has 0 aliphatic carbocycles. The molecule has 0 unspecified atom stereocenters. The minimum Gasteiger partial charge on any atom is -1.00 e. The first-order valence-corrected chi connectivity index (χ1v) is 0. The Kier molecular flexibility index (Phi) is 3680. The first kappa shape index (κ1) is 203. The maximum Gasteiger partial charge on any atom is 0 e. The first-order valence-electron chi connectivity index (χ1n) is 0. The molecule has 5 N–H and O–H groups in total. The summed E-state index contributed by atoms with van der Waals surface area (Å²) >= 11 is 0. The van der Waals surface area contributed by atoms with Crippen molar-refractivity contribution in [2.75, 3.05) is 0 Å². The Hall–Kier alpha value is 1.99. The molecule has 0 saturated heterocycles. The van der Waals surface area contributed by atoms with Crippen LogP contribution in [0.15, 0.2) is 0 Å². The van der Waals surface area contributed by atoms with Crippen LogP contribution in [0.4, 0.5) is 0 Å². The molecule has 0 fully saturated rings. The van der Waals surface area contributed by atoms with Crippen molar-refractivity contribution in [1.82, 2.24) is 6.15 Å². The van der Waals surface area contributed by atoms with Gasteiger partial charge in [-0.3, -0.25) is 0 Å². The molecule has 0 bridgehead atoms. The fourth-order valence-corrected chi connectivity index (χ4v) is 0. The zero-order valence-electron chi connectivity index (χ0n) is 3.43. The van der Waals surface area contributed by atoms with Crippen LogP contribution < -0.4 is 68.2 Å². The van der Waals surface area contributed by atoms with Gasteiger partial charge in [-0.05, 0) is 0 Å². The van der Waals surface area contributed by atoms with Gasteiger partial charge in [-0.2, -0.15) is 0 Å². The van der Waals surface area contributed by atoms with Gasteiger partial charge in [0.1, 0.15) is 0 Å². The SMILES string of the molecule is N.O.[Cl-].[Cl-].[Cl-].[Cl-].[Cl-].[Rh]. The molecule has 0 aliphatic heterocycles. The average Bonchev–Trinajstić information content (AvgIpc) is 0. The topological polar surface area (TPSA) is 66.5 Å². The molecule has 0 atom stereocenters. The molecule has 8 heavy (non-hydrogen) atoms. The van der Waals surface area contributed by atoms with E-state index < -0.39 is 0 Å². The van der Waals surface area contributed by atoms with Crippen molar-refractivity contribution in [2.45, 2.75) is 0 Å². The summed E-state index contributed by atoms with van der Waals surface area (Å²) in [5.41, 5.74) is 0. The third kappa shape index (κ3) is 98.4. The molecular formula is H5Cl5NORh-5. The summed E-state index contributed by atoms with van der Waals surface area (Å²) < 4.78 is 0. The number of halogens is 5. The molecular weight excluding hydrogens is 310 g/mol. The molecule has 0 saturated carbocycles. The van der Waals surface area contributed by atoms with E-state index in [0.29, 0.717) is 0 Å². The second-order valence-corrected chi connectivity index (χ2v) is 0. The van der Waals surface area contributed by atoms with Crippen molar-refractivity contribution >= 4 is 0 Å². The minimum atomic E-state index is 0. The van der Waals surface area contributed by atoms with Crippen molar-refractivity contribution in [1.29, 1.82) is 0 Å². The zero-order valence-corrected chi connectivity index (χ0v) is 8.85. The fourth-order valence-electron chi connectivity index (χ4n) is 0. The van der Waals surface area contributed by atoms with Crippen LogP contribution in [0.1, 0.15) is 0 Å². The molecule has 0 aromatic heterocycles. The summed E-state index contributed by atoms with van der Waals surface area (Å²) in [4.78, 5) is 0. The normalized spacial score (nSPS) is 0. The van der Waals surface area contributed by atoms with Crippen LogP contribution in [0, 0.1) is 0 Å². The van der Waals surface area contributed by atoms with E-state index in [0.717, 1.165) is 0 Å². The number of hydrogen-bond donors (Lipinski definition) is 1. The van der Waals surface area contributed by atoms with Crippen LogP contribution >= 0.6 is 0 Å². The number of hydrogen-bond acceptors (Lipinski definition) is 1. The van der Waals surface area contributed by atoms with Gasteiger partial charge in [0.05, 0.1) is 0 Å². The van der Waals surface area contributed by atoms with E-state index in [1.165, 1.54) is 0 Å². The summed E-state index contributed by atoms with van der Waals surface area (Å²) in [6.07, 6.45) is 0. The molecule has 2 nitrogen and oxygen atoms in total. The van der Waals surface area contributed by atoms with Gasteiger partial charge in [0, 0.05) is 19.5 Å². The smallest absolute Gasteiger partial charge is 0 e. The minimum absolute atomic E-state index is 0. The summed E-state index contributed by atoms with van der Waals surface area (Å²) in [5, 5.41) is 0. The Morgan fingerprint density at radius 1 is 0.500 bits per heavy atom. The summed E-state index contributed by atoms with van der Waals surface area (Å²) in [6, 6.07) is 0. The quantitative estimate of drug-likeness (QED) is 0.443. The second kappa shape index (κ2) is 145. The molecule has 1 radical (unpaired) electrons. The summed E-state index contributed by atoms with van der Waals surface area (Å²) in [5.74, 6) is 0. The van der Waals surface area contributed by atoms with E-state index in [1.54, 1.807) is 0 Å². The van der Waals surface area contributed by atoms with Crippen LogP contribution in [0.3, 0.4) is 0 Å². The van der Waals surface area contributed by atoms with Gasteiger partial charge in [-0.15, -0.1) is 0 Å². The van der Waals surface area contributed by atoms with E-state index in [-0.39, 0.29) is 93.1 Å². The van der Waals surface area contributed by atoms with Crippen molar-refractivity contribution in [2.24, 2.45) is 0 Å². The molecule has 8 heteroatoms. The van der Waals surface area contributed by atoms with Crippen LogP contribution in [0.2, 0.25) is 0 Å². The predicted molar refractivity (Wildman–Crippen MR) is 8.64 cm³/mol. The van der Waals surface area contributed by atoms with Crippen LogP contribution in [0.25, 0.3) is 0 Å². The molecule has 0 heterocycles. The zero-order chi connectivity index (χ0) is 0. The van der Waals surface area contributed by atoms with Crippen molar-refractivity contribution in [3.63, 3.8) is 0 Å². The standard InChI is InChI=1S/5ClH.H3N.H2O.Rh/h5*1H;1H3;1H2;/p-5. The Balaban J connectivity index is 0. The Labute approximate surface area is 92.6 Å². The molecule has 0 aromatic carbocycles. The maximum absolute atomic E-state index is 0.